The number of benzene rings is 1. The van der Waals surface area contributed by atoms with E-state index in [1.165, 1.54) is 30.4 Å². The largest absolute Gasteiger partial charge is 0.490 e. The van der Waals surface area contributed by atoms with Gasteiger partial charge in [0.2, 0.25) is 0 Å². The maximum Gasteiger partial charge on any atom is 0.122 e. The molecule has 0 bridgehead atoms. The van der Waals surface area contributed by atoms with Crippen molar-refractivity contribution in [3.63, 3.8) is 0 Å². The summed E-state index contributed by atoms with van der Waals surface area (Å²) in [6.45, 7) is 5.40. The number of nitrogens with one attached hydrogen (secondary N) is 1. The van der Waals surface area contributed by atoms with Crippen molar-refractivity contribution in [2.45, 2.75) is 39.2 Å². The van der Waals surface area contributed by atoms with Crippen molar-refractivity contribution < 1.29 is 4.74 Å². The summed E-state index contributed by atoms with van der Waals surface area (Å²) in [7, 11) is 2.03. The second kappa shape index (κ2) is 5.54. The Morgan fingerprint density at radius 3 is 2.88 bits per heavy atom. The second-order valence-electron chi connectivity index (χ2n) is 5.17. The maximum absolute atomic E-state index is 6.14. The van der Waals surface area contributed by atoms with Gasteiger partial charge in [-0.3, -0.25) is 0 Å². The van der Waals surface area contributed by atoms with Crippen molar-refractivity contribution in [1.29, 1.82) is 0 Å². The van der Waals surface area contributed by atoms with E-state index in [2.05, 4.69) is 37.4 Å². The lowest BCUT2D eigenvalue weighted by molar-refractivity contribution is 0.202. The molecule has 2 unspecified atom stereocenters. The smallest absolute Gasteiger partial charge is 0.122 e. The molecule has 1 aliphatic rings. The molecular weight excluding hydrogens is 210 g/mol. The molecule has 1 fully saturated rings. The Morgan fingerprint density at radius 2 is 2.12 bits per heavy atom. The summed E-state index contributed by atoms with van der Waals surface area (Å²) in [6, 6.07) is 6.31. The molecular formula is C15H23NO. The fraction of sp³-hybridized carbons (Fsp3) is 0.600. The second-order valence-corrected chi connectivity index (χ2v) is 5.17. The van der Waals surface area contributed by atoms with Crippen LogP contribution in [0.5, 0.6) is 5.75 Å². The van der Waals surface area contributed by atoms with E-state index in [1.54, 1.807) is 0 Å². The first-order chi connectivity index (χ1) is 8.20. The van der Waals surface area contributed by atoms with E-state index >= 15 is 0 Å². The minimum Gasteiger partial charge on any atom is -0.490 e. The van der Waals surface area contributed by atoms with Crippen LogP contribution in [-0.2, 0) is 0 Å². The zero-order valence-electron chi connectivity index (χ0n) is 11.1. The predicted molar refractivity (Wildman–Crippen MR) is 71.6 cm³/mol. The van der Waals surface area contributed by atoms with E-state index in [-0.39, 0.29) is 0 Å². The van der Waals surface area contributed by atoms with Gasteiger partial charge in [0, 0.05) is 0 Å². The normalized spacial score (nSPS) is 23.9. The number of aryl methyl sites for hydroxylation is 1. The van der Waals surface area contributed by atoms with Crippen LogP contribution < -0.4 is 10.1 Å². The maximum atomic E-state index is 6.14. The third-order valence-corrected chi connectivity index (χ3v) is 3.83. The lowest BCUT2D eigenvalue weighted by Crippen LogP contribution is -2.19. The summed E-state index contributed by atoms with van der Waals surface area (Å²) in [4.78, 5) is 0. The van der Waals surface area contributed by atoms with Gasteiger partial charge in [-0.25, -0.2) is 0 Å². The molecule has 1 N–H and O–H groups in total. The van der Waals surface area contributed by atoms with Crippen LogP contribution >= 0.6 is 0 Å². The molecule has 1 saturated carbocycles. The van der Waals surface area contributed by atoms with E-state index < -0.39 is 0 Å². The van der Waals surface area contributed by atoms with E-state index in [9.17, 15) is 0 Å². The van der Waals surface area contributed by atoms with Crippen LogP contribution in [0.15, 0.2) is 18.2 Å². The Morgan fingerprint density at radius 1 is 1.29 bits per heavy atom. The molecule has 0 amide bonds. The van der Waals surface area contributed by atoms with Crippen molar-refractivity contribution >= 4 is 0 Å². The van der Waals surface area contributed by atoms with Gasteiger partial charge in [0.05, 0.1) is 6.10 Å². The number of hydrogen-bond acceptors (Lipinski definition) is 2. The highest BCUT2D eigenvalue weighted by Crippen LogP contribution is 2.30. The molecule has 94 valence electrons. The van der Waals surface area contributed by atoms with Gasteiger partial charge in [-0.1, -0.05) is 12.1 Å². The van der Waals surface area contributed by atoms with E-state index in [0.29, 0.717) is 6.10 Å². The highest BCUT2D eigenvalue weighted by atomic mass is 16.5. The molecule has 1 aliphatic carbocycles. The van der Waals surface area contributed by atoms with Gasteiger partial charge in [0.1, 0.15) is 5.75 Å². The molecule has 1 aromatic carbocycles. The zero-order chi connectivity index (χ0) is 12.3. The average molecular weight is 233 g/mol. The molecule has 2 heteroatoms. The third kappa shape index (κ3) is 3.01. The predicted octanol–water partition coefficient (Wildman–Crippen LogP) is 3.07. The third-order valence-electron chi connectivity index (χ3n) is 3.83. The minimum absolute atomic E-state index is 0.411. The fourth-order valence-corrected chi connectivity index (χ4v) is 2.64. The van der Waals surface area contributed by atoms with Crippen LogP contribution in [0.25, 0.3) is 0 Å². The highest BCUT2D eigenvalue weighted by molar-refractivity contribution is 5.38. The Balaban J connectivity index is 1.96. The molecule has 17 heavy (non-hydrogen) atoms. The molecule has 2 atom stereocenters. The number of rotatable bonds is 4. The average Bonchev–Trinajstić information content (AvgIpc) is 2.73. The van der Waals surface area contributed by atoms with Gasteiger partial charge in [0.15, 0.2) is 0 Å². The van der Waals surface area contributed by atoms with Crippen LogP contribution in [0.2, 0.25) is 0 Å². The van der Waals surface area contributed by atoms with Crippen LogP contribution in [0.3, 0.4) is 0 Å². The summed E-state index contributed by atoms with van der Waals surface area (Å²) >= 11 is 0. The van der Waals surface area contributed by atoms with Gasteiger partial charge < -0.3 is 10.1 Å². The van der Waals surface area contributed by atoms with Gasteiger partial charge in [0.25, 0.3) is 0 Å². The molecule has 0 heterocycles. The van der Waals surface area contributed by atoms with Gasteiger partial charge in [-0.15, -0.1) is 0 Å². The molecule has 0 aromatic heterocycles. The molecule has 2 nitrogen and oxygen atoms in total. The molecule has 0 saturated heterocycles. The SMILES string of the molecule is CNCC1CCC(Oc2cccc(C)c2C)C1. The summed E-state index contributed by atoms with van der Waals surface area (Å²) in [5.74, 6) is 1.86. The van der Waals surface area contributed by atoms with Gasteiger partial charge >= 0.3 is 0 Å². The van der Waals surface area contributed by atoms with Crippen LogP contribution in [0.4, 0.5) is 0 Å². The first kappa shape index (κ1) is 12.4. The fourth-order valence-electron chi connectivity index (χ4n) is 2.64. The van der Waals surface area contributed by atoms with Crippen molar-refractivity contribution in [1.82, 2.24) is 5.32 Å². The van der Waals surface area contributed by atoms with E-state index in [4.69, 9.17) is 4.74 Å². The first-order valence-corrected chi connectivity index (χ1v) is 6.58. The summed E-state index contributed by atoms with van der Waals surface area (Å²) in [5, 5.41) is 3.26. The molecule has 0 aliphatic heterocycles. The Bertz CT molecular complexity index is 375. The zero-order valence-corrected chi connectivity index (χ0v) is 11.1. The lowest BCUT2D eigenvalue weighted by atomic mass is 10.1. The van der Waals surface area contributed by atoms with Gasteiger partial charge in [-0.2, -0.15) is 0 Å². The standard InChI is InChI=1S/C15H23NO/c1-11-5-4-6-15(12(11)2)17-14-8-7-13(9-14)10-16-3/h4-6,13-14,16H,7-10H2,1-3H3. The Labute approximate surface area is 104 Å². The molecule has 0 spiro atoms. The van der Waals surface area contributed by atoms with Crippen LogP contribution in [-0.4, -0.2) is 19.7 Å². The number of hydrogen-bond donors (Lipinski definition) is 1. The van der Waals surface area contributed by atoms with Crippen molar-refractivity contribution in [3.8, 4) is 5.75 Å². The van der Waals surface area contributed by atoms with Gasteiger partial charge in [-0.05, 0) is 69.8 Å². The highest BCUT2D eigenvalue weighted by Gasteiger charge is 2.25. The van der Waals surface area contributed by atoms with E-state index in [0.717, 1.165) is 18.2 Å². The number of ether oxygens (including phenoxy) is 1. The van der Waals surface area contributed by atoms with Crippen molar-refractivity contribution in [3.05, 3.63) is 29.3 Å². The van der Waals surface area contributed by atoms with Crippen LogP contribution in [0.1, 0.15) is 30.4 Å². The minimum atomic E-state index is 0.411. The van der Waals surface area contributed by atoms with Crippen molar-refractivity contribution in [2.24, 2.45) is 5.92 Å². The van der Waals surface area contributed by atoms with E-state index in [1.807, 2.05) is 7.05 Å². The molecule has 1 aromatic rings. The lowest BCUT2D eigenvalue weighted by Gasteiger charge is -2.17. The Kier molecular flexibility index (Phi) is 4.06. The molecule has 2 rings (SSSR count). The Hall–Kier alpha value is -1.02. The van der Waals surface area contributed by atoms with Crippen molar-refractivity contribution in [2.75, 3.05) is 13.6 Å². The summed E-state index contributed by atoms with van der Waals surface area (Å²) in [6.07, 6.45) is 4.08. The quantitative estimate of drug-likeness (QED) is 0.863. The first-order valence-electron chi connectivity index (χ1n) is 6.58. The monoisotopic (exact) mass is 233 g/mol. The van der Waals surface area contributed by atoms with Crippen LogP contribution in [0, 0.1) is 19.8 Å². The summed E-state index contributed by atoms with van der Waals surface area (Å²) < 4.78 is 6.14. The summed E-state index contributed by atoms with van der Waals surface area (Å²) in [5.41, 5.74) is 2.59. The molecule has 0 radical (unpaired) electrons. The topological polar surface area (TPSA) is 21.3 Å².